The van der Waals surface area contributed by atoms with Crippen molar-refractivity contribution in [1.82, 2.24) is 14.5 Å². The zero-order chi connectivity index (χ0) is 23.7. The van der Waals surface area contributed by atoms with Gasteiger partial charge in [0.05, 0.1) is 16.7 Å². The van der Waals surface area contributed by atoms with E-state index in [9.17, 15) is 9.59 Å². The van der Waals surface area contributed by atoms with Crippen LogP contribution < -0.4 is 15.0 Å². The Bertz CT molecular complexity index is 1160. The molecule has 1 amide bonds. The van der Waals surface area contributed by atoms with Crippen LogP contribution in [0.3, 0.4) is 0 Å². The molecule has 1 aromatic carbocycles. The summed E-state index contributed by atoms with van der Waals surface area (Å²) in [6, 6.07) is 3.51. The molecule has 0 unspecified atom stereocenters. The van der Waals surface area contributed by atoms with Gasteiger partial charge in [-0.25, -0.2) is 4.98 Å². The number of ether oxygens (including phenoxy) is 2. The quantitative estimate of drug-likeness (QED) is 0.339. The zero-order valence-corrected chi connectivity index (χ0v) is 20.9. The maximum Gasteiger partial charge on any atom is 0.262 e. The van der Waals surface area contributed by atoms with Crippen LogP contribution in [-0.4, -0.2) is 46.0 Å². The summed E-state index contributed by atoms with van der Waals surface area (Å²) < 4.78 is 12.7. The molecule has 7 nitrogen and oxygen atoms in total. The number of likely N-dealkylation sites (tertiary alicyclic amines) is 1. The first-order valence-electron chi connectivity index (χ1n) is 12.4. The van der Waals surface area contributed by atoms with Crippen molar-refractivity contribution in [2.24, 2.45) is 11.8 Å². The van der Waals surface area contributed by atoms with E-state index in [1.54, 1.807) is 16.7 Å². The van der Waals surface area contributed by atoms with Crippen LogP contribution >= 0.6 is 11.8 Å². The molecule has 8 heteroatoms. The Morgan fingerprint density at radius 1 is 1.15 bits per heavy atom. The standard InChI is InChI=1S/C26H33N3O4S/c1-17-10-18(2)14-28(13-17)24(30)15-34-26-27-21-12-23-22(32-16-33-23)11-20(21)25(31)29(26)9-8-19-6-4-3-5-7-19/h6,11-12,17-18H,3-5,7-10,13-16H2,1-2H3/t17-,18-/m1/s1. The highest BCUT2D eigenvalue weighted by Crippen LogP contribution is 2.35. The van der Waals surface area contributed by atoms with Gasteiger partial charge in [-0.3, -0.25) is 14.2 Å². The van der Waals surface area contributed by atoms with Crippen molar-refractivity contribution in [3.8, 4) is 11.5 Å². The molecule has 0 radical (unpaired) electrons. The average molecular weight is 484 g/mol. The van der Waals surface area contributed by atoms with E-state index in [0.29, 0.717) is 45.9 Å². The Morgan fingerprint density at radius 3 is 2.65 bits per heavy atom. The van der Waals surface area contributed by atoms with Crippen LogP contribution in [0.25, 0.3) is 10.9 Å². The maximum absolute atomic E-state index is 13.6. The number of fused-ring (bicyclic) bond motifs is 2. The van der Waals surface area contributed by atoms with Crippen LogP contribution in [0, 0.1) is 11.8 Å². The molecular weight excluding hydrogens is 450 g/mol. The van der Waals surface area contributed by atoms with Gasteiger partial charge in [0, 0.05) is 25.7 Å². The second-order valence-electron chi connectivity index (χ2n) is 9.97. The highest BCUT2D eigenvalue weighted by Gasteiger charge is 2.26. The molecule has 1 fully saturated rings. The molecule has 2 aliphatic heterocycles. The third-order valence-electron chi connectivity index (χ3n) is 7.00. The fourth-order valence-electron chi connectivity index (χ4n) is 5.37. The minimum absolute atomic E-state index is 0.0881. The van der Waals surface area contributed by atoms with Gasteiger partial charge in [-0.1, -0.05) is 37.3 Å². The third-order valence-corrected chi connectivity index (χ3v) is 7.96. The molecule has 2 aromatic rings. The summed E-state index contributed by atoms with van der Waals surface area (Å²) in [5.74, 6) is 2.62. The van der Waals surface area contributed by atoms with Gasteiger partial charge in [-0.15, -0.1) is 0 Å². The van der Waals surface area contributed by atoms with Crippen LogP contribution in [0.5, 0.6) is 11.5 Å². The van der Waals surface area contributed by atoms with Crippen LogP contribution in [0.15, 0.2) is 33.7 Å². The molecular formula is C26H33N3O4S. The Kier molecular flexibility index (Phi) is 6.86. The maximum atomic E-state index is 13.6. The minimum Gasteiger partial charge on any atom is -0.454 e. The number of aromatic nitrogens is 2. The molecule has 34 heavy (non-hydrogen) atoms. The number of amides is 1. The summed E-state index contributed by atoms with van der Waals surface area (Å²) in [5.41, 5.74) is 1.90. The number of hydrogen-bond donors (Lipinski definition) is 0. The van der Waals surface area contributed by atoms with Crippen LogP contribution in [0.4, 0.5) is 0 Å². The molecule has 0 bridgehead atoms. The summed E-state index contributed by atoms with van der Waals surface area (Å²) in [7, 11) is 0. The van der Waals surface area contributed by atoms with Crippen molar-refractivity contribution in [2.45, 2.75) is 64.1 Å². The first-order chi connectivity index (χ1) is 16.5. The molecule has 0 N–H and O–H groups in total. The number of rotatable bonds is 6. The molecule has 0 saturated carbocycles. The van der Waals surface area contributed by atoms with Gasteiger partial charge in [0.15, 0.2) is 16.7 Å². The van der Waals surface area contributed by atoms with Gasteiger partial charge in [0.25, 0.3) is 5.56 Å². The largest absolute Gasteiger partial charge is 0.454 e. The fourth-order valence-corrected chi connectivity index (χ4v) is 6.30. The van der Waals surface area contributed by atoms with Crippen molar-refractivity contribution in [1.29, 1.82) is 0 Å². The van der Waals surface area contributed by atoms with Gasteiger partial charge in [-0.2, -0.15) is 0 Å². The highest BCUT2D eigenvalue weighted by molar-refractivity contribution is 7.99. The Labute approximate surface area is 204 Å². The molecule has 0 spiro atoms. The van der Waals surface area contributed by atoms with Gasteiger partial charge in [0.1, 0.15) is 0 Å². The number of hydrogen-bond acceptors (Lipinski definition) is 6. The van der Waals surface area contributed by atoms with E-state index in [1.807, 2.05) is 4.90 Å². The molecule has 1 aromatic heterocycles. The summed E-state index contributed by atoms with van der Waals surface area (Å²) in [6.45, 7) is 6.73. The summed E-state index contributed by atoms with van der Waals surface area (Å²) in [4.78, 5) is 33.4. The smallest absolute Gasteiger partial charge is 0.262 e. The third kappa shape index (κ3) is 4.97. The molecule has 182 valence electrons. The predicted molar refractivity (Wildman–Crippen MR) is 134 cm³/mol. The molecule has 2 atom stereocenters. The molecule has 5 rings (SSSR count). The number of carbonyl (C=O) groups excluding carboxylic acids is 1. The lowest BCUT2D eigenvalue weighted by Crippen LogP contribution is -2.43. The molecule has 1 aliphatic carbocycles. The van der Waals surface area contributed by atoms with Crippen molar-refractivity contribution in [3.05, 3.63) is 34.1 Å². The Morgan fingerprint density at radius 2 is 1.91 bits per heavy atom. The highest BCUT2D eigenvalue weighted by atomic mass is 32.2. The first kappa shape index (κ1) is 23.3. The van der Waals surface area contributed by atoms with E-state index in [4.69, 9.17) is 14.5 Å². The lowest BCUT2D eigenvalue weighted by atomic mass is 9.92. The number of benzene rings is 1. The lowest BCUT2D eigenvalue weighted by molar-refractivity contribution is -0.130. The van der Waals surface area contributed by atoms with E-state index in [1.165, 1.54) is 30.2 Å². The summed E-state index contributed by atoms with van der Waals surface area (Å²) in [5, 5.41) is 1.12. The van der Waals surface area contributed by atoms with Gasteiger partial charge >= 0.3 is 0 Å². The van der Waals surface area contributed by atoms with Gasteiger partial charge in [-0.05, 0) is 56.4 Å². The normalized spacial score (nSPS) is 22.2. The van der Waals surface area contributed by atoms with Crippen LogP contribution in [0.1, 0.15) is 52.4 Å². The molecule has 3 aliphatic rings. The van der Waals surface area contributed by atoms with E-state index < -0.39 is 0 Å². The van der Waals surface area contributed by atoms with E-state index >= 15 is 0 Å². The number of thioether (sulfide) groups is 1. The lowest BCUT2D eigenvalue weighted by Gasteiger charge is -2.35. The second-order valence-corrected chi connectivity index (χ2v) is 10.9. The summed E-state index contributed by atoms with van der Waals surface area (Å²) >= 11 is 1.37. The van der Waals surface area contributed by atoms with Crippen molar-refractivity contribution in [3.63, 3.8) is 0 Å². The summed E-state index contributed by atoms with van der Waals surface area (Å²) in [6.07, 6.45) is 8.98. The topological polar surface area (TPSA) is 73.7 Å². The average Bonchev–Trinajstić information content (AvgIpc) is 3.28. The first-order valence-corrected chi connectivity index (χ1v) is 13.4. The second kappa shape index (κ2) is 10.0. The number of carbonyl (C=O) groups is 1. The van der Waals surface area contributed by atoms with Crippen LogP contribution in [-0.2, 0) is 11.3 Å². The zero-order valence-electron chi connectivity index (χ0n) is 20.0. The number of piperidine rings is 1. The SMILES string of the molecule is C[C@@H]1C[C@@H](C)CN(C(=O)CSc2nc3cc4c(cc3c(=O)n2CCC2=CCCCC2)OCO4)C1. The Hall–Kier alpha value is -2.48. The molecule has 1 saturated heterocycles. The van der Waals surface area contributed by atoms with Crippen LogP contribution in [0.2, 0.25) is 0 Å². The monoisotopic (exact) mass is 483 g/mol. The predicted octanol–water partition coefficient (Wildman–Crippen LogP) is 4.61. The van der Waals surface area contributed by atoms with Crippen molar-refractivity contribution < 1.29 is 14.3 Å². The van der Waals surface area contributed by atoms with Gasteiger partial charge < -0.3 is 14.4 Å². The van der Waals surface area contributed by atoms with E-state index in [0.717, 1.165) is 38.8 Å². The minimum atomic E-state index is -0.0881. The van der Waals surface area contributed by atoms with E-state index in [-0.39, 0.29) is 24.0 Å². The van der Waals surface area contributed by atoms with E-state index in [2.05, 4.69) is 19.9 Å². The van der Waals surface area contributed by atoms with Crippen molar-refractivity contribution >= 4 is 28.6 Å². The van der Waals surface area contributed by atoms with Gasteiger partial charge in [0.2, 0.25) is 12.7 Å². The molecule has 3 heterocycles. The van der Waals surface area contributed by atoms with Crippen molar-refractivity contribution in [2.75, 3.05) is 25.6 Å². The number of allylic oxidation sites excluding steroid dienone is 2. The number of nitrogens with zero attached hydrogens (tertiary/aromatic N) is 3. The fraction of sp³-hybridized carbons (Fsp3) is 0.577. The Balaban J connectivity index is 1.42.